The predicted molar refractivity (Wildman–Crippen MR) is 101 cm³/mol. The number of nitrogens with zero attached hydrogens (tertiary/aromatic N) is 5. The lowest BCUT2D eigenvalue weighted by atomic mass is 10.0. The first-order valence-corrected chi connectivity index (χ1v) is 9.05. The zero-order valence-electron chi connectivity index (χ0n) is 16.0. The minimum atomic E-state index is -0.966. The molecule has 144 valence electrons. The van der Waals surface area contributed by atoms with Gasteiger partial charge in [-0.15, -0.1) is 0 Å². The van der Waals surface area contributed by atoms with E-state index in [1.807, 2.05) is 17.0 Å². The number of carbonyl (C=O) groups is 1. The smallest absolute Gasteiger partial charge is 0.307 e. The van der Waals surface area contributed by atoms with E-state index >= 15 is 0 Å². The highest BCUT2D eigenvalue weighted by Gasteiger charge is 2.36. The molecule has 0 unspecified atom stereocenters. The number of benzene rings is 1. The SMILES string of the molecule is Cc1ccccc1CN1CCN(C(=O)C(C)(C)n2cc([N+](=O)[O-])cn2)CC1. The van der Waals surface area contributed by atoms with Crippen molar-refractivity contribution < 1.29 is 9.72 Å². The molecule has 0 atom stereocenters. The molecular weight excluding hydrogens is 346 g/mol. The maximum atomic E-state index is 13.0. The van der Waals surface area contributed by atoms with Gasteiger partial charge < -0.3 is 4.90 Å². The fraction of sp³-hybridized carbons (Fsp3) is 0.474. The van der Waals surface area contributed by atoms with Crippen LogP contribution in [0.3, 0.4) is 0 Å². The largest absolute Gasteiger partial charge is 0.338 e. The van der Waals surface area contributed by atoms with Crippen LogP contribution in [0.5, 0.6) is 0 Å². The maximum absolute atomic E-state index is 13.0. The molecule has 2 aromatic rings. The molecule has 0 radical (unpaired) electrons. The minimum Gasteiger partial charge on any atom is -0.338 e. The van der Waals surface area contributed by atoms with Crippen molar-refractivity contribution in [3.05, 3.63) is 57.9 Å². The monoisotopic (exact) mass is 371 g/mol. The number of carbonyl (C=O) groups excluding carboxylic acids is 1. The van der Waals surface area contributed by atoms with E-state index in [9.17, 15) is 14.9 Å². The minimum absolute atomic E-state index is 0.0731. The summed E-state index contributed by atoms with van der Waals surface area (Å²) in [5.74, 6) is -0.0731. The molecule has 2 heterocycles. The number of hydrogen-bond acceptors (Lipinski definition) is 5. The molecule has 0 bridgehead atoms. The summed E-state index contributed by atoms with van der Waals surface area (Å²) in [6, 6.07) is 8.34. The first kappa shape index (κ1) is 19.0. The Morgan fingerprint density at radius 2 is 1.89 bits per heavy atom. The molecule has 0 aliphatic carbocycles. The second-order valence-corrected chi connectivity index (χ2v) is 7.45. The molecule has 0 saturated carbocycles. The van der Waals surface area contributed by atoms with E-state index in [4.69, 9.17) is 0 Å². The summed E-state index contributed by atoms with van der Waals surface area (Å²) in [5.41, 5.74) is 1.50. The summed E-state index contributed by atoms with van der Waals surface area (Å²) >= 11 is 0. The summed E-state index contributed by atoms with van der Waals surface area (Å²) in [6.07, 6.45) is 2.49. The second kappa shape index (κ2) is 7.48. The van der Waals surface area contributed by atoms with Crippen molar-refractivity contribution in [1.82, 2.24) is 19.6 Å². The van der Waals surface area contributed by atoms with Crippen LogP contribution in [0, 0.1) is 17.0 Å². The van der Waals surface area contributed by atoms with E-state index in [-0.39, 0.29) is 11.6 Å². The molecule has 1 amide bonds. The standard InChI is InChI=1S/C19H25N5O3/c1-15-6-4-5-7-16(15)13-21-8-10-22(11-9-21)18(25)19(2,3)23-14-17(12-20-23)24(26)27/h4-7,12,14H,8-11,13H2,1-3H3. The van der Waals surface area contributed by atoms with Crippen molar-refractivity contribution in [2.75, 3.05) is 26.2 Å². The van der Waals surface area contributed by atoms with Gasteiger partial charge in [0, 0.05) is 32.7 Å². The Bertz CT molecular complexity index is 837. The van der Waals surface area contributed by atoms with Crippen LogP contribution in [0.4, 0.5) is 5.69 Å². The molecule has 3 rings (SSSR count). The third-order valence-corrected chi connectivity index (χ3v) is 5.19. The van der Waals surface area contributed by atoms with Gasteiger partial charge in [-0.2, -0.15) is 5.10 Å². The van der Waals surface area contributed by atoms with Gasteiger partial charge in [-0.25, -0.2) is 0 Å². The summed E-state index contributed by atoms with van der Waals surface area (Å²) in [7, 11) is 0. The highest BCUT2D eigenvalue weighted by molar-refractivity contribution is 5.83. The van der Waals surface area contributed by atoms with Gasteiger partial charge in [-0.05, 0) is 31.9 Å². The number of amides is 1. The molecule has 1 aliphatic heterocycles. The van der Waals surface area contributed by atoms with Crippen LogP contribution >= 0.6 is 0 Å². The highest BCUT2D eigenvalue weighted by atomic mass is 16.6. The molecule has 8 nitrogen and oxygen atoms in total. The Balaban J connectivity index is 1.62. The number of nitro groups is 1. The number of rotatable bonds is 5. The van der Waals surface area contributed by atoms with Gasteiger partial charge in [-0.1, -0.05) is 24.3 Å². The van der Waals surface area contributed by atoms with E-state index in [2.05, 4.69) is 29.1 Å². The van der Waals surface area contributed by atoms with Crippen molar-refractivity contribution in [1.29, 1.82) is 0 Å². The van der Waals surface area contributed by atoms with Crippen molar-refractivity contribution in [2.45, 2.75) is 32.9 Å². The lowest BCUT2D eigenvalue weighted by molar-refractivity contribution is -0.385. The van der Waals surface area contributed by atoms with Gasteiger partial charge in [0.15, 0.2) is 0 Å². The van der Waals surface area contributed by atoms with Crippen LogP contribution in [0.1, 0.15) is 25.0 Å². The Labute approximate surface area is 158 Å². The molecule has 1 fully saturated rings. The number of aromatic nitrogens is 2. The van der Waals surface area contributed by atoms with Gasteiger partial charge in [0.25, 0.3) is 0 Å². The highest BCUT2D eigenvalue weighted by Crippen LogP contribution is 2.22. The number of piperazine rings is 1. The normalized spacial score (nSPS) is 15.7. The Kier molecular flexibility index (Phi) is 5.27. The quantitative estimate of drug-likeness (QED) is 0.594. The topological polar surface area (TPSA) is 84.5 Å². The van der Waals surface area contributed by atoms with E-state index < -0.39 is 10.5 Å². The average Bonchev–Trinajstić information content (AvgIpc) is 3.15. The van der Waals surface area contributed by atoms with E-state index in [0.29, 0.717) is 13.1 Å². The van der Waals surface area contributed by atoms with Gasteiger partial charge in [0.1, 0.15) is 17.9 Å². The van der Waals surface area contributed by atoms with Crippen LogP contribution in [0.15, 0.2) is 36.7 Å². The summed E-state index contributed by atoms with van der Waals surface area (Å²) in [5, 5.41) is 14.9. The summed E-state index contributed by atoms with van der Waals surface area (Å²) in [6.45, 7) is 9.35. The van der Waals surface area contributed by atoms with Gasteiger partial charge in [0.2, 0.25) is 5.91 Å². The molecule has 1 aliphatic rings. The molecular formula is C19H25N5O3. The lowest BCUT2D eigenvalue weighted by Crippen LogP contribution is -2.54. The zero-order valence-corrected chi connectivity index (χ0v) is 16.0. The van der Waals surface area contributed by atoms with E-state index in [1.165, 1.54) is 28.2 Å². The van der Waals surface area contributed by atoms with Crippen molar-refractivity contribution >= 4 is 11.6 Å². The van der Waals surface area contributed by atoms with Crippen LogP contribution in [0.2, 0.25) is 0 Å². The second-order valence-electron chi connectivity index (χ2n) is 7.45. The summed E-state index contributed by atoms with van der Waals surface area (Å²) in [4.78, 5) is 27.5. The molecule has 0 N–H and O–H groups in total. The molecule has 8 heteroatoms. The molecule has 1 saturated heterocycles. The Morgan fingerprint density at radius 1 is 1.22 bits per heavy atom. The van der Waals surface area contributed by atoms with Crippen molar-refractivity contribution in [3.8, 4) is 0 Å². The number of aryl methyl sites for hydroxylation is 1. The first-order valence-electron chi connectivity index (χ1n) is 9.05. The predicted octanol–water partition coefficient (Wildman–Crippen LogP) is 2.18. The molecule has 27 heavy (non-hydrogen) atoms. The fourth-order valence-corrected chi connectivity index (χ4v) is 3.34. The average molecular weight is 371 g/mol. The van der Waals surface area contributed by atoms with Crippen LogP contribution in [-0.2, 0) is 16.9 Å². The van der Waals surface area contributed by atoms with Gasteiger partial charge in [-0.3, -0.25) is 24.5 Å². The molecule has 1 aromatic carbocycles. The van der Waals surface area contributed by atoms with Crippen molar-refractivity contribution in [3.63, 3.8) is 0 Å². The Morgan fingerprint density at radius 3 is 2.48 bits per heavy atom. The fourth-order valence-electron chi connectivity index (χ4n) is 3.34. The third kappa shape index (κ3) is 4.00. The van der Waals surface area contributed by atoms with Crippen molar-refractivity contribution in [2.24, 2.45) is 0 Å². The first-order chi connectivity index (χ1) is 12.8. The number of hydrogen-bond donors (Lipinski definition) is 0. The van der Waals surface area contributed by atoms with Crippen LogP contribution < -0.4 is 0 Å². The maximum Gasteiger partial charge on any atom is 0.307 e. The van der Waals surface area contributed by atoms with Crippen LogP contribution in [0.25, 0.3) is 0 Å². The van der Waals surface area contributed by atoms with Gasteiger partial charge in [0.05, 0.1) is 4.92 Å². The van der Waals surface area contributed by atoms with Crippen LogP contribution in [-0.4, -0.2) is 56.6 Å². The third-order valence-electron chi connectivity index (χ3n) is 5.19. The van der Waals surface area contributed by atoms with Gasteiger partial charge >= 0.3 is 5.69 Å². The Hall–Kier alpha value is -2.74. The molecule has 1 aromatic heterocycles. The molecule has 0 spiro atoms. The van der Waals surface area contributed by atoms with E-state index in [0.717, 1.165) is 19.6 Å². The lowest BCUT2D eigenvalue weighted by Gasteiger charge is -2.38. The summed E-state index contributed by atoms with van der Waals surface area (Å²) < 4.78 is 1.38. The van der Waals surface area contributed by atoms with E-state index in [1.54, 1.807) is 13.8 Å². The zero-order chi connectivity index (χ0) is 19.6.